The van der Waals surface area contributed by atoms with Crippen molar-refractivity contribution in [2.45, 2.75) is 37.5 Å². The molecule has 1 fully saturated rings. The Bertz CT molecular complexity index is 562. The number of rotatable bonds is 5. The number of halogens is 1. The Kier molecular flexibility index (Phi) is 3.82. The maximum Gasteiger partial charge on any atom is 0.240 e. The van der Waals surface area contributed by atoms with Crippen LogP contribution >= 0.6 is 0 Å². The summed E-state index contributed by atoms with van der Waals surface area (Å²) < 4.78 is 40.0. The third kappa shape index (κ3) is 2.90. The van der Waals surface area contributed by atoms with Gasteiger partial charge in [-0.25, -0.2) is 17.5 Å². The van der Waals surface area contributed by atoms with Crippen molar-refractivity contribution in [3.63, 3.8) is 0 Å². The van der Waals surface area contributed by atoms with Gasteiger partial charge in [-0.3, -0.25) is 0 Å². The van der Waals surface area contributed by atoms with E-state index in [4.69, 9.17) is 5.73 Å². The lowest BCUT2D eigenvalue weighted by molar-refractivity contribution is 0.133. The highest BCUT2D eigenvalue weighted by molar-refractivity contribution is 7.89. The number of nitrogens with two attached hydrogens (primary N) is 1. The van der Waals surface area contributed by atoms with Crippen LogP contribution in [-0.4, -0.2) is 15.0 Å². The van der Waals surface area contributed by atoms with Crippen molar-refractivity contribution in [3.05, 3.63) is 24.0 Å². The van der Waals surface area contributed by atoms with Gasteiger partial charge >= 0.3 is 0 Å². The molecule has 0 spiro atoms. The van der Waals surface area contributed by atoms with E-state index in [0.29, 0.717) is 6.54 Å². The number of nitrogen functional groups attached to an aromatic ring is 1. The van der Waals surface area contributed by atoms with Gasteiger partial charge in [-0.1, -0.05) is 13.3 Å². The maximum atomic E-state index is 13.3. The first kappa shape index (κ1) is 14.3. The summed E-state index contributed by atoms with van der Waals surface area (Å²) in [5, 5.41) is 0. The van der Waals surface area contributed by atoms with E-state index in [1.807, 2.05) is 0 Å². The molecule has 1 saturated carbocycles. The van der Waals surface area contributed by atoms with Gasteiger partial charge in [0.05, 0.1) is 10.6 Å². The smallest absolute Gasteiger partial charge is 0.240 e. The minimum atomic E-state index is -3.66. The van der Waals surface area contributed by atoms with E-state index in [0.717, 1.165) is 31.7 Å². The third-order valence-electron chi connectivity index (χ3n) is 4.08. The molecule has 0 aliphatic heterocycles. The van der Waals surface area contributed by atoms with Crippen LogP contribution in [0.15, 0.2) is 23.1 Å². The van der Waals surface area contributed by atoms with Crippen molar-refractivity contribution in [2.75, 3.05) is 12.3 Å². The third-order valence-corrected chi connectivity index (χ3v) is 5.48. The van der Waals surface area contributed by atoms with Crippen LogP contribution in [0.25, 0.3) is 0 Å². The molecule has 1 aliphatic rings. The lowest BCUT2D eigenvalue weighted by atomic mass is 9.67. The zero-order valence-electron chi connectivity index (χ0n) is 10.9. The molecule has 1 aliphatic carbocycles. The number of benzene rings is 1. The van der Waals surface area contributed by atoms with E-state index in [-0.39, 0.29) is 16.0 Å². The minimum Gasteiger partial charge on any atom is -0.396 e. The number of anilines is 1. The molecule has 0 unspecified atom stereocenters. The quantitative estimate of drug-likeness (QED) is 0.816. The maximum absolute atomic E-state index is 13.3. The fraction of sp³-hybridized carbons (Fsp3) is 0.538. The molecule has 4 nitrogen and oxygen atoms in total. The molecule has 106 valence electrons. The molecular weight excluding hydrogens is 267 g/mol. The van der Waals surface area contributed by atoms with Crippen molar-refractivity contribution in [3.8, 4) is 0 Å². The van der Waals surface area contributed by atoms with Crippen LogP contribution in [0.1, 0.15) is 32.6 Å². The largest absolute Gasteiger partial charge is 0.396 e. The number of hydrogen-bond donors (Lipinski definition) is 2. The van der Waals surface area contributed by atoms with Crippen molar-refractivity contribution < 1.29 is 12.8 Å². The summed E-state index contributed by atoms with van der Waals surface area (Å²) in [6.07, 6.45) is 4.18. The number of sulfonamides is 1. The van der Waals surface area contributed by atoms with Gasteiger partial charge in [-0.2, -0.15) is 0 Å². The zero-order chi connectivity index (χ0) is 14.1. The van der Waals surface area contributed by atoms with Gasteiger partial charge in [-0.15, -0.1) is 0 Å². The van der Waals surface area contributed by atoms with Gasteiger partial charge < -0.3 is 5.73 Å². The van der Waals surface area contributed by atoms with E-state index >= 15 is 0 Å². The molecule has 0 saturated heterocycles. The summed E-state index contributed by atoms with van der Waals surface area (Å²) in [4.78, 5) is -0.0789. The first-order valence-electron chi connectivity index (χ1n) is 6.43. The Morgan fingerprint density at radius 1 is 1.42 bits per heavy atom. The number of nitrogens with one attached hydrogen (secondary N) is 1. The molecule has 0 heterocycles. The van der Waals surface area contributed by atoms with Crippen molar-refractivity contribution in [1.82, 2.24) is 4.72 Å². The summed E-state index contributed by atoms with van der Waals surface area (Å²) in [6.45, 7) is 2.48. The Labute approximate surface area is 113 Å². The Morgan fingerprint density at radius 3 is 2.58 bits per heavy atom. The Morgan fingerprint density at radius 2 is 2.11 bits per heavy atom. The predicted molar refractivity (Wildman–Crippen MR) is 72.6 cm³/mol. The van der Waals surface area contributed by atoms with Crippen molar-refractivity contribution in [2.24, 2.45) is 5.41 Å². The van der Waals surface area contributed by atoms with Crippen LogP contribution in [0.4, 0.5) is 10.1 Å². The molecule has 0 aromatic heterocycles. The van der Waals surface area contributed by atoms with E-state index in [1.54, 1.807) is 0 Å². The van der Waals surface area contributed by atoms with E-state index in [9.17, 15) is 12.8 Å². The lowest BCUT2D eigenvalue weighted by Gasteiger charge is -2.41. The molecule has 6 heteroatoms. The van der Waals surface area contributed by atoms with Crippen LogP contribution in [-0.2, 0) is 10.0 Å². The predicted octanol–water partition coefficient (Wildman–Crippen LogP) is 2.27. The molecule has 0 bridgehead atoms. The molecule has 0 atom stereocenters. The molecule has 0 amide bonds. The van der Waals surface area contributed by atoms with Crippen LogP contribution < -0.4 is 10.5 Å². The number of hydrogen-bond acceptors (Lipinski definition) is 3. The summed E-state index contributed by atoms with van der Waals surface area (Å²) in [5.74, 6) is -0.711. The highest BCUT2D eigenvalue weighted by Crippen LogP contribution is 2.43. The second-order valence-electron chi connectivity index (χ2n) is 5.21. The molecule has 19 heavy (non-hydrogen) atoms. The van der Waals surface area contributed by atoms with Crippen molar-refractivity contribution >= 4 is 15.7 Å². The average molecular weight is 286 g/mol. The zero-order valence-corrected chi connectivity index (χ0v) is 11.8. The Hall–Kier alpha value is -1.14. The van der Waals surface area contributed by atoms with Gasteiger partial charge in [0.25, 0.3) is 0 Å². The topological polar surface area (TPSA) is 72.2 Å². The highest BCUT2D eigenvalue weighted by Gasteiger charge is 2.36. The lowest BCUT2D eigenvalue weighted by Crippen LogP contribution is -2.41. The van der Waals surface area contributed by atoms with Crippen LogP contribution in [0.2, 0.25) is 0 Å². The second kappa shape index (κ2) is 5.09. The van der Waals surface area contributed by atoms with Crippen molar-refractivity contribution in [1.29, 1.82) is 0 Å². The minimum absolute atomic E-state index is 0.0528. The van der Waals surface area contributed by atoms with Gasteiger partial charge in [0, 0.05) is 6.54 Å². The highest BCUT2D eigenvalue weighted by atomic mass is 32.2. The van der Waals surface area contributed by atoms with E-state index < -0.39 is 15.8 Å². The summed E-state index contributed by atoms with van der Waals surface area (Å²) in [5.41, 5.74) is 5.37. The summed E-state index contributed by atoms with van der Waals surface area (Å²) >= 11 is 0. The summed E-state index contributed by atoms with van der Waals surface area (Å²) in [7, 11) is -3.66. The van der Waals surface area contributed by atoms with Gasteiger partial charge in [-0.05, 0) is 42.9 Å². The normalized spacial score (nSPS) is 18.0. The molecule has 0 radical (unpaired) electrons. The van der Waals surface area contributed by atoms with Gasteiger partial charge in [0.2, 0.25) is 10.0 Å². The molecule has 1 aromatic carbocycles. The van der Waals surface area contributed by atoms with Crippen LogP contribution in [0.5, 0.6) is 0 Å². The molecule has 1 aromatic rings. The fourth-order valence-electron chi connectivity index (χ4n) is 2.34. The first-order chi connectivity index (χ1) is 8.88. The first-order valence-corrected chi connectivity index (χ1v) is 7.92. The van der Waals surface area contributed by atoms with Crippen LogP contribution in [0, 0.1) is 11.2 Å². The molecule has 2 rings (SSSR count). The SMILES string of the molecule is CCC1(CNS(=O)(=O)c2ccc(N)c(F)c2)CCC1. The average Bonchev–Trinajstić information content (AvgIpc) is 2.31. The van der Waals surface area contributed by atoms with Gasteiger partial charge in [0.1, 0.15) is 5.82 Å². The second-order valence-corrected chi connectivity index (χ2v) is 6.98. The van der Waals surface area contributed by atoms with Crippen LogP contribution in [0.3, 0.4) is 0 Å². The summed E-state index contributed by atoms with van der Waals surface area (Å²) in [6, 6.07) is 3.54. The van der Waals surface area contributed by atoms with E-state index in [2.05, 4.69) is 11.6 Å². The monoisotopic (exact) mass is 286 g/mol. The fourth-order valence-corrected chi connectivity index (χ4v) is 3.51. The molecule has 3 N–H and O–H groups in total. The molecular formula is C13H19FN2O2S. The Balaban J connectivity index is 2.11. The standard InChI is InChI=1S/C13H19FN2O2S/c1-2-13(6-3-7-13)9-16-19(17,18)10-4-5-12(15)11(14)8-10/h4-5,8,16H,2-3,6-7,9,15H2,1H3. The van der Waals surface area contributed by atoms with Gasteiger partial charge in [0.15, 0.2) is 0 Å². The van der Waals surface area contributed by atoms with E-state index in [1.165, 1.54) is 12.1 Å².